The van der Waals surface area contributed by atoms with Crippen LogP contribution in [0.2, 0.25) is 5.02 Å². The molecule has 0 aromatic heterocycles. The van der Waals surface area contributed by atoms with Crippen molar-refractivity contribution in [3.8, 4) is 0 Å². The summed E-state index contributed by atoms with van der Waals surface area (Å²) in [4.78, 5) is 10.1. The molecule has 0 aliphatic heterocycles. The molecule has 0 bridgehead atoms. The predicted octanol–water partition coefficient (Wildman–Crippen LogP) is 2.15. The van der Waals surface area contributed by atoms with Crippen molar-refractivity contribution in [3.05, 3.63) is 28.8 Å². The van der Waals surface area contributed by atoms with Crippen molar-refractivity contribution in [2.45, 2.75) is 24.0 Å². The van der Waals surface area contributed by atoms with E-state index in [2.05, 4.69) is 5.32 Å². The molecule has 0 amide bonds. The number of hydrogen-bond acceptors (Lipinski definition) is 4. The third kappa shape index (κ3) is 4.58. The number of carboxylic acid groups (broad SMARTS) is 1. The number of hydrogen-bond donors (Lipinski definition) is 2. The Bertz CT molecular complexity index is 645. The Morgan fingerprint density at radius 2 is 2.00 bits per heavy atom. The zero-order valence-corrected chi connectivity index (χ0v) is 12.2. The number of carboxylic acids is 1. The van der Waals surface area contributed by atoms with Gasteiger partial charge >= 0.3 is 12.1 Å². The van der Waals surface area contributed by atoms with E-state index in [0.29, 0.717) is 12.1 Å². The summed E-state index contributed by atoms with van der Waals surface area (Å²) in [5.74, 6) is -2.02. The van der Waals surface area contributed by atoms with E-state index in [1.807, 2.05) is 0 Å². The minimum absolute atomic E-state index is 0.498. The second-order valence-corrected chi connectivity index (χ2v) is 6.53. The minimum atomic E-state index is -4.64. The van der Waals surface area contributed by atoms with Crippen molar-refractivity contribution < 1.29 is 31.5 Å². The van der Waals surface area contributed by atoms with Crippen LogP contribution < -0.4 is 5.32 Å². The highest BCUT2D eigenvalue weighted by Crippen LogP contribution is 2.33. The highest BCUT2D eigenvalue weighted by molar-refractivity contribution is 7.91. The summed E-state index contributed by atoms with van der Waals surface area (Å²) in [5, 5.41) is 10.3. The van der Waals surface area contributed by atoms with E-state index in [-0.39, 0.29) is 0 Å². The smallest absolute Gasteiger partial charge is 0.416 e. The molecule has 0 saturated heterocycles. The molecule has 0 aliphatic rings. The molecule has 1 atom stereocenters. The minimum Gasteiger partial charge on any atom is -0.480 e. The van der Waals surface area contributed by atoms with E-state index < -0.39 is 49.4 Å². The molecule has 0 spiro atoms. The summed E-state index contributed by atoms with van der Waals surface area (Å²) in [6.07, 6.45) is -4.64. The van der Waals surface area contributed by atoms with E-state index >= 15 is 0 Å². The summed E-state index contributed by atoms with van der Waals surface area (Å²) < 4.78 is 61.2. The first-order chi connectivity index (χ1) is 9.45. The largest absolute Gasteiger partial charge is 0.480 e. The van der Waals surface area contributed by atoms with Gasteiger partial charge in [-0.2, -0.15) is 13.2 Å². The van der Waals surface area contributed by atoms with Crippen molar-refractivity contribution in [2.24, 2.45) is 0 Å². The number of sulfone groups is 1. The molecule has 10 heteroatoms. The Morgan fingerprint density at radius 3 is 2.43 bits per heavy atom. The number of aliphatic carboxylic acids is 1. The average molecular weight is 346 g/mol. The molecule has 0 heterocycles. The first-order valence-electron chi connectivity index (χ1n) is 5.51. The van der Waals surface area contributed by atoms with Gasteiger partial charge in [-0.25, -0.2) is 8.42 Å². The molecule has 0 aliphatic carbocycles. The molecule has 0 fully saturated rings. The van der Waals surface area contributed by atoms with Gasteiger partial charge in [0, 0.05) is 0 Å². The molecular formula is C11H11ClF3NO4S. The Labute approximate surface area is 123 Å². The zero-order valence-electron chi connectivity index (χ0n) is 10.6. The van der Waals surface area contributed by atoms with Crippen LogP contribution in [-0.2, 0) is 20.8 Å². The molecule has 1 aromatic rings. The lowest BCUT2D eigenvalue weighted by Gasteiger charge is -2.12. The normalized spacial score (nSPS) is 14.0. The van der Waals surface area contributed by atoms with Crippen LogP contribution in [0.1, 0.15) is 12.5 Å². The number of halogens is 4. The van der Waals surface area contributed by atoms with Gasteiger partial charge in [0.25, 0.3) is 0 Å². The van der Waals surface area contributed by atoms with Gasteiger partial charge in [-0.1, -0.05) is 11.6 Å². The standard InChI is InChI=1S/C11H11ClF3NO4S/c1-6(10(17)18)16-5-21(19,20)9-3-2-7(4-8(9)12)11(13,14)15/h2-4,6,16H,5H2,1H3,(H,17,18)/t6-/m0/s1. The molecule has 21 heavy (non-hydrogen) atoms. The molecule has 5 nitrogen and oxygen atoms in total. The van der Waals surface area contributed by atoms with Crippen molar-refractivity contribution >= 4 is 27.4 Å². The summed E-state index contributed by atoms with van der Waals surface area (Å²) in [5.41, 5.74) is -1.07. The van der Waals surface area contributed by atoms with Gasteiger partial charge in [0.15, 0.2) is 9.84 Å². The van der Waals surface area contributed by atoms with Crippen molar-refractivity contribution in [2.75, 3.05) is 5.88 Å². The van der Waals surface area contributed by atoms with E-state index in [1.165, 1.54) is 6.92 Å². The molecule has 0 unspecified atom stereocenters. The Hall–Kier alpha value is -1.32. The Kier molecular flexibility index (Phi) is 5.24. The number of rotatable bonds is 5. The van der Waals surface area contributed by atoms with Crippen LogP contribution in [0, 0.1) is 0 Å². The van der Waals surface area contributed by atoms with Crippen LogP contribution in [0.4, 0.5) is 13.2 Å². The van der Waals surface area contributed by atoms with Gasteiger partial charge in [0.2, 0.25) is 0 Å². The summed E-state index contributed by atoms with van der Waals surface area (Å²) in [6.45, 7) is 1.23. The number of nitrogens with one attached hydrogen (secondary N) is 1. The van der Waals surface area contributed by atoms with Crippen LogP contribution >= 0.6 is 11.6 Å². The number of benzene rings is 1. The van der Waals surface area contributed by atoms with Gasteiger partial charge in [-0.3, -0.25) is 10.1 Å². The third-order valence-corrected chi connectivity index (χ3v) is 4.54. The lowest BCUT2D eigenvalue weighted by molar-refractivity contribution is -0.139. The third-order valence-electron chi connectivity index (χ3n) is 2.54. The topological polar surface area (TPSA) is 83.5 Å². The zero-order chi connectivity index (χ0) is 16.4. The molecule has 1 rings (SSSR count). The molecule has 0 radical (unpaired) electrons. The van der Waals surface area contributed by atoms with Crippen LogP contribution in [0.3, 0.4) is 0 Å². The fourth-order valence-corrected chi connectivity index (χ4v) is 3.12. The predicted molar refractivity (Wildman–Crippen MR) is 68.7 cm³/mol. The SMILES string of the molecule is C[C@H](NCS(=O)(=O)c1ccc(C(F)(F)F)cc1Cl)C(=O)O. The van der Waals surface area contributed by atoms with Crippen molar-refractivity contribution in [1.29, 1.82) is 0 Å². The number of carbonyl (C=O) groups is 1. The lowest BCUT2D eigenvalue weighted by Crippen LogP contribution is -2.37. The maximum absolute atomic E-state index is 12.5. The summed E-state index contributed by atoms with van der Waals surface area (Å²) in [6, 6.07) is 0.718. The highest BCUT2D eigenvalue weighted by atomic mass is 35.5. The van der Waals surface area contributed by atoms with E-state index in [9.17, 15) is 26.4 Å². The second-order valence-electron chi connectivity index (χ2n) is 4.17. The fraction of sp³-hybridized carbons (Fsp3) is 0.364. The van der Waals surface area contributed by atoms with E-state index in [1.54, 1.807) is 0 Å². The Balaban J connectivity index is 3.02. The highest BCUT2D eigenvalue weighted by Gasteiger charge is 2.32. The van der Waals surface area contributed by atoms with Crippen molar-refractivity contribution in [3.63, 3.8) is 0 Å². The summed E-state index contributed by atoms with van der Waals surface area (Å²) >= 11 is 5.57. The van der Waals surface area contributed by atoms with Gasteiger partial charge in [0.1, 0.15) is 11.9 Å². The van der Waals surface area contributed by atoms with Gasteiger partial charge in [-0.05, 0) is 25.1 Å². The van der Waals surface area contributed by atoms with E-state index in [0.717, 1.165) is 6.07 Å². The van der Waals surface area contributed by atoms with E-state index in [4.69, 9.17) is 16.7 Å². The lowest BCUT2D eigenvalue weighted by atomic mass is 10.2. The monoisotopic (exact) mass is 345 g/mol. The maximum Gasteiger partial charge on any atom is 0.416 e. The van der Waals surface area contributed by atoms with Gasteiger partial charge < -0.3 is 5.11 Å². The number of alkyl halides is 3. The first-order valence-corrected chi connectivity index (χ1v) is 7.54. The maximum atomic E-state index is 12.5. The average Bonchev–Trinajstić information content (AvgIpc) is 2.34. The van der Waals surface area contributed by atoms with Crippen molar-refractivity contribution in [1.82, 2.24) is 5.32 Å². The summed E-state index contributed by atoms with van der Waals surface area (Å²) in [7, 11) is -4.06. The fourth-order valence-electron chi connectivity index (χ4n) is 1.33. The molecule has 1 aromatic carbocycles. The second kappa shape index (κ2) is 6.20. The molecule has 2 N–H and O–H groups in total. The molecule has 118 valence electrons. The van der Waals surface area contributed by atoms with Crippen LogP contribution in [0.25, 0.3) is 0 Å². The van der Waals surface area contributed by atoms with Crippen LogP contribution in [0.5, 0.6) is 0 Å². The van der Waals surface area contributed by atoms with Crippen LogP contribution in [0.15, 0.2) is 23.1 Å². The van der Waals surface area contributed by atoms with Gasteiger partial charge in [0.05, 0.1) is 15.5 Å². The van der Waals surface area contributed by atoms with Crippen LogP contribution in [-0.4, -0.2) is 31.4 Å². The Morgan fingerprint density at radius 1 is 1.43 bits per heavy atom. The van der Waals surface area contributed by atoms with Gasteiger partial charge in [-0.15, -0.1) is 0 Å². The first kappa shape index (κ1) is 17.7. The molecule has 0 saturated carbocycles. The quantitative estimate of drug-likeness (QED) is 0.854. The molecular weight excluding hydrogens is 335 g/mol.